The second kappa shape index (κ2) is 9.70. The Morgan fingerprint density at radius 2 is 2.07 bits per heavy atom. The summed E-state index contributed by atoms with van der Waals surface area (Å²) in [4.78, 5) is 32.6. The Hall–Kier alpha value is -3.39. The van der Waals surface area contributed by atoms with Crippen LogP contribution in [-0.4, -0.2) is 32.5 Å². The standard InChI is InChI=1S/C20H21ClN6O2/c1-14(12-27-9-8-22-13-27)25-20(29)26-15-5-6-17(18(21)10-15)19(28)24-11-16-4-2-3-7-23-16/h2-10,13-14H,11-12H2,1H3,(H,24,28)(H2,25,26,29). The molecule has 2 aromatic heterocycles. The summed E-state index contributed by atoms with van der Waals surface area (Å²) in [6, 6.07) is 9.75. The summed E-state index contributed by atoms with van der Waals surface area (Å²) >= 11 is 6.23. The smallest absolute Gasteiger partial charge is 0.319 e. The van der Waals surface area contributed by atoms with Gasteiger partial charge >= 0.3 is 6.03 Å². The van der Waals surface area contributed by atoms with E-state index in [9.17, 15) is 9.59 Å². The number of aromatic nitrogens is 3. The summed E-state index contributed by atoms with van der Waals surface area (Å²) in [5.41, 5.74) is 1.56. The lowest BCUT2D eigenvalue weighted by atomic mass is 10.2. The van der Waals surface area contributed by atoms with Crippen molar-refractivity contribution >= 4 is 29.2 Å². The third kappa shape index (κ3) is 6.05. The zero-order valence-electron chi connectivity index (χ0n) is 15.8. The van der Waals surface area contributed by atoms with Crippen LogP contribution < -0.4 is 16.0 Å². The largest absolute Gasteiger partial charge is 0.346 e. The van der Waals surface area contributed by atoms with Crippen molar-refractivity contribution in [3.8, 4) is 0 Å². The number of hydrogen-bond acceptors (Lipinski definition) is 4. The number of imidazole rings is 1. The number of carbonyl (C=O) groups is 2. The molecule has 8 nitrogen and oxygen atoms in total. The molecule has 9 heteroatoms. The summed E-state index contributed by atoms with van der Waals surface area (Å²) in [7, 11) is 0. The Bertz CT molecular complexity index is 962. The molecule has 0 fully saturated rings. The highest BCUT2D eigenvalue weighted by molar-refractivity contribution is 6.34. The fourth-order valence-electron chi connectivity index (χ4n) is 2.69. The Morgan fingerprint density at radius 3 is 2.76 bits per heavy atom. The van der Waals surface area contributed by atoms with Crippen LogP contribution in [0.25, 0.3) is 0 Å². The highest BCUT2D eigenvalue weighted by atomic mass is 35.5. The summed E-state index contributed by atoms with van der Waals surface area (Å²) in [5, 5.41) is 8.56. The first-order valence-electron chi connectivity index (χ1n) is 9.02. The Balaban J connectivity index is 1.53. The zero-order chi connectivity index (χ0) is 20.6. The van der Waals surface area contributed by atoms with E-state index >= 15 is 0 Å². The zero-order valence-corrected chi connectivity index (χ0v) is 16.6. The molecule has 0 saturated carbocycles. The molecular weight excluding hydrogens is 392 g/mol. The van der Waals surface area contributed by atoms with E-state index in [0.29, 0.717) is 24.3 Å². The van der Waals surface area contributed by atoms with Crippen LogP contribution in [0.3, 0.4) is 0 Å². The molecule has 3 amide bonds. The minimum Gasteiger partial charge on any atom is -0.346 e. The van der Waals surface area contributed by atoms with Gasteiger partial charge in [0.25, 0.3) is 5.91 Å². The van der Waals surface area contributed by atoms with Crippen molar-refractivity contribution in [2.24, 2.45) is 0 Å². The van der Waals surface area contributed by atoms with E-state index in [-0.39, 0.29) is 23.0 Å². The van der Waals surface area contributed by atoms with Crippen LogP contribution in [0.4, 0.5) is 10.5 Å². The van der Waals surface area contributed by atoms with E-state index in [4.69, 9.17) is 11.6 Å². The van der Waals surface area contributed by atoms with Gasteiger partial charge in [0.1, 0.15) is 0 Å². The van der Waals surface area contributed by atoms with E-state index in [1.54, 1.807) is 30.9 Å². The van der Waals surface area contributed by atoms with Crippen LogP contribution in [0, 0.1) is 0 Å². The van der Waals surface area contributed by atoms with Gasteiger partial charge in [0, 0.05) is 36.9 Å². The lowest BCUT2D eigenvalue weighted by Crippen LogP contribution is -2.38. The molecule has 3 rings (SSSR count). The van der Waals surface area contributed by atoms with Crippen molar-refractivity contribution in [3.63, 3.8) is 0 Å². The first kappa shape index (κ1) is 20.3. The molecule has 1 unspecified atom stereocenters. The van der Waals surface area contributed by atoms with Crippen molar-refractivity contribution in [3.05, 3.63) is 77.6 Å². The van der Waals surface area contributed by atoms with Crippen LogP contribution in [0.5, 0.6) is 0 Å². The maximum Gasteiger partial charge on any atom is 0.319 e. The Morgan fingerprint density at radius 1 is 1.21 bits per heavy atom. The number of nitrogens with zero attached hydrogens (tertiary/aromatic N) is 3. The molecule has 0 aliphatic rings. The molecule has 150 valence electrons. The Kier molecular flexibility index (Phi) is 6.80. The number of rotatable bonds is 7. The van der Waals surface area contributed by atoms with Gasteiger partial charge in [0.15, 0.2) is 0 Å². The maximum absolute atomic E-state index is 12.3. The molecule has 0 bridgehead atoms. The second-order valence-corrected chi connectivity index (χ2v) is 6.86. The molecule has 0 spiro atoms. The number of hydrogen-bond donors (Lipinski definition) is 3. The molecule has 0 aliphatic carbocycles. The van der Waals surface area contributed by atoms with Gasteiger partial charge in [-0.1, -0.05) is 17.7 Å². The molecule has 0 radical (unpaired) electrons. The van der Waals surface area contributed by atoms with Crippen molar-refractivity contribution in [2.45, 2.75) is 26.1 Å². The third-order valence-corrected chi connectivity index (χ3v) is 4.36. The molecule has 29 heavy (non-hydrogen) atoms. The summed E-state index contributed by atoms with van der Waals surface area (Å²) < 4.78 is 1.88. The van der Waals surface area contributed by atoms with Crippen LogP contribution >= 0.6 is 11.6 Å². The number of benzene rings is 1. The first-order valence-corrected chi connectivity index (χ1v) is 9.40. The summed E-state index contributed by atoms with van der Waals surface area (Å²) in [6.07, 6.45) is 6.86. The number of urea groups is 1. The normalized spacial score (nSPS) is 11.5. The highest BCUT2D eigenvalue weighted by Gasteiger charge is 2.13. The molecular formula is C20H21ClN6O2. The lowest BCUT2D eigenvalue weighted by molar-refractivity contribution is 0.0950. The van der Waals surface area contributed by atoms with Crippen molar-refractivity contribution < 1.29 is 9.59 Å². The predicted molar refractivity (Wildman–Crippen MR) is 111 cm³/mol. The SMILES string of the molecule is CC(Cn1ccnc1)NC(=O)Nc1ccc(C(=O)NCc2ccccn2)c(Cl)c1. The second-order valence-electron chi connectivity index (χ2n) is 6.46. The minimum absolute atomic E-state index is 0.101. The van der Waals surface area contributed by atoms with Crippen molar-refractivity contribution in [2.75, 3.05) is 5.32 Å². The number of halogens is 1. The van der Waals surface area contributed by atoms with Gasteiger partial charge < -0.3 is 20.5 Å². The highest BCUT2D eigenvalue weighted by Crippen LogP contribution is 2.21. The molecule has 3 aromatic rings. The molecule has 0 saturated heterocycles. The van der Waals surface area contributed by atoms with E-state index in [0.717, 1.165) is 5.69 Å². The molecule has 1 atom stereocenters. The number of anilines is 1. The van der Waals surface area contributed by atoms with Crippen LogP contribution in [0.2, 0.25) is 5.02 Å². The van der Waals surface area contributed by atoms with Crippen LogP contribution in [0.1, 0.15) is 23.0 Å². The summed E-state index contributed by atoms with van der Waals surface area (Å²) in [5.74, 6) is -0.314. The Labute approximate surface area is 173 Å². The molecule has 0 aliphatic heterocycles. The van der Waals surface area contributed by atoms with Gasteiger partial charge in [-0.25, -0.2) is 9.78 Å². The van der Waals surface area contributed by atoms with Crippen molar-refractivity contribution in [1.82, 2.24) is 25.2 Å². The van der Waals surface area contributed by atoms with E-state index in [2.05, 4.69) is 25.9 Å². The van der Waals surface area contributed by atoms with Gasteiger partial charge in [-0.05, 0) is 37.3 Å². The van der Waals surface area contributed by atoms with Crippen LogP contribution in [0.15, 0.2) is 61.3 Å². The molecule has 3 N–H and O–H groups in total. The maximum atomic E-state index is 12.3. The average molecular weight is 413 g/mol. The predicted octanol–water partition coefficient (Wildman–Crippen LogP) is 3.07. The molecule has 1 aromatic carbocycles. The minimum atomic E-state index is -0.360. The summed E-state index contributed by atoms with van der Waals surface area (Å²) in [6.45, 7) is 2.79. The van der Waals surface area contributed by atoms with E-state index in [1.165, 1.54) is 6.07 Å². The van der Waals surface area contributed by atoms with E-state index in [1.807, 2.05) is 35.9 Å². The van der Waals surface area contributed by atoms with Gasteiger partial charge in [0.2, 0.25) is 0 Å². The van der Waals surface area contributed by atoms with E-state index < -0.39 is 0 Å². The van der Waals surface area contributed by atoms with Crippen LogP contribution in [-0.2, 0) is 13.1 Å². The van der Waals surface area contributed by atoms with Crippen molar-refractivity contribution in [1.29, 1.82) is 0 Å². The fraction of sp³-hybridized carbons (Fsp3) is 0.200. The van der Waals surface area contributed by atoms with Gasteiger partial charge in [-0.3, -0.25) is 9.78 Å². The van der Waals surface area contributed by atoms with Gasteiger partial charge in [0.05, 0.1) is 29.2 Å². The average Bonchev–Trinajstić information content (AvgIpc) is 3.19. The lowest BCUT2D eigenvalue weighted by Gasteiger charge is -2.15. The van der Waals surface area contributed by atoms with Gasteiger partial charge in [-0.2, -0.15) is 0 Å². The number of nitrogens with one attached hydrogen (secondary N) is 3. The number of amides is 3. The quantitative estimate of drug-likeness (QED) is 0.555. The number of carbonyl (C=O) groups excluding carboxylic acids is 2. The first-order chi connectivity index (χ1) is 14.0. The van der Waals surface area contributed by atoms with Gasteiger partial charge in [-0.15, -0.1) is 0 Å². The third-order valence-electron chi connectivity index (χ3n) is 4.05. The monoisotopic (exact) mass is 412 g/mol. The number of pyridine rings is 1. The fourth-order valence-corrected chi connectivity index (χ4v) is 2.96. The topological polar surface area (TPSA) is 101 Å². The molecule has 2 heterocycles.